The van der Waals surface area contributed by atoms with Crippen LogP contribution in [0.5, 0.6) is 0 Å². The predicted octanol–water partition coefficient (Wildman–Crippen LogP) is 7.90. The van der Waals surface area contributed by atoms with Gasteiger partial charge in [0.2, 0.25) is 0 Å². The molecule has 0 heterocycles. The Hall–Kier alpha value is 0. The smallest absolute Gasteiger partial charge is 0.0295 e. The van der Waals surface area contributed by atoms with Gasteiger partial charge in [-0.1, -0.05) is 78.6 Å². The van der Waals surface area contributed by atoms with E-state index in [0.717, 1.165) is 16.7 Å². The highest BCUT2D eigenvalue weighted by Gasteiger charge is 2.40. The molecule has 0 aromatic rings. The van der Waals surface area contributed by atoms with Crippen LogP contribution in [-0.2, 0) is 0 Å². The SMILES string of the molecule is CCCCCCC1(C)CCC1.CC[C@@H]1CCCC2(CCC2)C1. The second kappa shape index (κ2) is 8.74. The van der Waals surface area contributed by atoms with Crippen LogP contribution in [0.15, 0.2) is 0 Å². The highest BCUT2D eigenvalue weighted by molar-refractivity contribution is 4.92. The van der Waals surface area contributed by atoms with Crippen LogP contribution in [0, 0.1) is 16.7 Å². The Bertz CT molecular complexity index is 295. The minimum absolute atomic E-state index is 0.772. The lowest BCUT2D eigenvalue weighted by atomic mass is 9.58. The topological polar surface area (TPSA) is 0 Å². The lowest BCUT2D eigenvalue weighted by Gasteiger charge is -2.47. The first kappa shape index (κ1) is 18.3. The van der Waals surface area contributed by atoms with E-state index in [-0.39, 0.29) is 0 Å². The first-order valence-corrected chi connectivity index (χ1v) is 10.6. The molecule has 0 aliphatic heterocycles. The highest BCUT2D eigenvalue weighted by Crippen LogP contribution is 2.53. The fourth-order valence-corrected chi connectivity index (χ4v) is 5.07. The van der Waals surface area contributed by atoms with Gasteiger partial charge in [-0.2, -0.15) is 0 Å². The zero-order valence-electron chi connectivity index (χ0n) is 15.9. The third-order valence-electron chi connectivity index (χ3n) is 7.23. The molecular formula is C22H42. The molecule has 0 bridgehead atoms. The summed E-state index contributed by atoms with van der Waals surface area (Å²) in [4.78, 5) is 0. The summed E-state index contributed by atoms with van der Waals surface area (Å²) in [7, 11) is 0. The van der Waals surface area contributed by atoms with Gasteiger partial charge in [-0.3, -0.25) is 0 Å². The van der Waals surface area contributed by atoms with E-state index in [2.05, 4.69) is 20.8 Å². The monoisotopic (exact) mass is 306 g/mol. The third-order valence-corrected chi connectivity index (χ3v) is 7.23. The van der Waals surface area contributed by atoms with Gasteiger partial charge < -0.3 is 0 Å². The average Bonchev–Trinajstić information content (AvgIpc) is 2.49. The van der Waals surface area contributed by atoms with Crippen LogP contribution >= 0.6 is 0 Å². The van der Waals surface area contributed by atoms with Crippen molar-refractivity contribution in [3.05, 3.63) is 0 Å². The van der Waals surface area contributed by atoms with E-state index in [4.69, 9.17) is 0 Å². The molecule has 0 nitrogen and oxygen atoms in total. The number of hydrogen-bond acceptors (Lipinski definition) is 0. The van der Waals surface area contributed by atoms with Crippen LogP contribution in [0.1, 0.15) is 124 Å². The maximum Gasteiger partial charge on any atom is -0.0295 e. The van der Waals surface area contributed by atoms with Crippen LogP contribution in [0.2, 0.25) is 0 Å². The molecule has 0 saturated heterocycles. The molecule has 1 atom stereocenters. The Kier molecular flexibility index (Phi) is 7.29. The third kappa shape index (κ3) is 5.27. The summed E-state index contributed by atoms with van der Waals surface area (Å²) >= 11 is 0. The molecule has 0 radical (unpaired) electrons. The van der Waals surface area contributed by atoms with Crippen LogP contribution in [0.25, 0.3) is 0 Å². The molecule has 3 rings (SSSR count). The van der Waals surface area contributed by atoms with Gasteiger partial charge in [0, 0.05) is 0 Å². The van der Waals surface area contributed by atoms with Gasteiger partial charge in [-0.25, -0.2) is 0 Å². The summed E-state index contributed by atoms with van der Waals surface area (Å²) < 4.78 is 0. The molecule has 130 valence electrons. The van der Waals surface area contributed by atoms with Gasteiger partial charge in [0.15, 0.2) is 0 Å². The molecule has 3 saturated carbocycles. The molecule has 3 aliphatic rings. The van der Waals surface area contributed by atoms with Crippen LogP contribution in [0.4, 0.5) is 0 Å². The highest BCUT2D eigenvalue weighted by atomic mass is 14.5. The van der Waals surface area contributed by atoms with E-state index in [0.29, 0.717) is 0 Å². The Morgan fingerprint density at radius 2 is 1.50 bits per heavy atom. The van der Waals surface area contributed by atoms with Gasteiger partial charge in [0.05, 0.1) is 0 Å². The molecule has 1 spiro atoms. The Labute approximate surface area is 140 Å². The Morgan fingerprint density at radius 1 is 0.818 bits per heavy atom. The Balaban J connectivity index is 0.000000160. The van der Waals surface area contributed by atoms with E-state index < -0.39 is 0 Å². The molecule has 0 amide bonds. The standard InChI is InChI=1S/C11H20.C11H22/c1-2-10-5-3-6-11(9-10)7-4-8-11;1-3-4-5-6-8-11(2)9-7-10-11/h10H,2-9H2,1H3;3-10H2,1-2H3/t10-;/m1./s1. The largest absolute Gasteiger partial charge is 0.0654 e. The molecule has 0 aromatic heterocycles. The summed E-state index contributed by atoms with van der Waals surface area (Å²) in [5.41, 5.74) is 1.65. The molecule has 0 aromatic carbocycles. The number of hydrogen-bond donors (Lipinski definition) is 0. The lowest BCUT2D eigenvalue weighted by Crippen LogP contribution is -2.34. The van der Waals surface area contributed by atoms with E-state index in [1.807, 2.05) is 0 Å². The minimum atomic E-state index is 0.772. The zero-order chi connectivity index (χ0) is 15.9. The van der Waals surface area contributed by atoms with Crippen LogP contribution in [0.3, 0.4) is 0 Å². The summed E-state index contributed by atoms with van der Waals surface area (Å²) in [5, 5.41) is 0. The summed E-state index contributed by atoms with van der Waals surface area (Å²) in [6, 6.07) is 0. The molecule has 22 heavy (non-hydrogen) atoms. The lowest BCUT2D eigenvalue weighted by molar-refractivity contribution is 0.0454. The van der Waals surface area contributed by atoms with E-state index in [9.17, 15) is 0 Å². The molecule has 0 heteroatoms. The van der Waals surface area contributed by atoms with Gasteiger partial charge in [0.1, 0.15) is 0 Å². The van der Waals surface area contributed by atoms with E-state index in [1.165, 1.54) is 77.0 Å². The average molecular weight is 307 g/mol. The Morgan fingerprint density at radius 3 is 2.00 bits per heavy atom. The summed E-state index contributed by atoms with van der Waals surface area (Å²) in [6.45, 7) is 7.11. The fraction of sp³-hybridized carbons (Fsp3) is 1.00. The van der Waals surface area contributed by atoms with Crippen molar-refractivity contribution in [2.45, 2.75) is 124 Å². The van der Waals surface area contributed by atoms with Crippen LogP contribution < -0.4 is 0 Å². The van der Waals surface area contributed by atoms with Crippen molar-refractivity contribution in [1.82, 2.24) is 0 Å². The van der Waals surface area contributed by atoms with Gasteiger partial charge >= 0.3 is 0 Å². The minimum Gasteiger partial charge on any atom is -0.0654 e. The van der Waals surface area contributed by atoms with Crippen molar-refractivity contribution in [2.75, 3.05) is 0 Å². The van der Waals surface area contributed by atoms with Crippen molar-refractivity contribution in [1.29, 1.82) is 0 Å². The fourth-order valence-electron chi connectivity index (χ4n) is 5.07. The van der Waals surface area contributed by atoms with Crippen molar-refractivity contribution in [2.24, 2.45) is 16.7 Å². The second-order valence-corrected chi connectivity index (χ2v) is 9.20. The van der Waals surface area contributed by atoms with E-state index in [1.54, 1.807) is 25.7 Å². The maximum atomic E-state index is 2.46. The second-order valence-electron chi connectivity index (χ2n) is 9.20. The zero-order valence-corrected chi connectivity index (χ0v) is 15.9. The van der Waals surface area contributed by atoms with Crippen molar-refractivity contribution < 1.29 is 0 Å². The van der Waals surface area contributed by atoms with Crippen molar-refractivity contribution in [3.63, 3.8) is 0 Å². The van der Waals surface area contributed by atoms with Gasteiger partial charge in [0.25, 0.3) is 0 Å². The van der Waals surface area contributed by atoms with Crippen molar-refractivity contribution >= 4 is 0 Å². The van der Waals surface area contributed by atoms with Crippen LogP contribution in [-0.4, -0.2) is 0 Å². The number of rotatable bonds is 6. The normalized spacial score (nSPS) is 28.2. The molecule has 3 fully saturated rings. The molecule has 0 unspecified atom stereocenters. The first-order valence-electron chi connectivity index (χ1n) is 10.6. The maximum absolute atomic E-state index is 2.46. The number of unbranched alkanes of at least 4 members (excludes halogenated alkanes) is 3. The predicted molar refractivity (Wildman–Crippen MR) is 99.3 cm³/mol. The summed E-state index contributed by atoms with van der Waals surface area (Å²) in [6.07, 6.45) is 24.0. The quantitative estimate of drug-likeness (QED) is 0.437. The van der Waals surface area contributed by atoms with Gasteiger partial charge in [-0.05, 0) is 61.7 Å². The molecular weight excluding hydrogens is 264 g/mol. The first-order chi connectivity index (χ1) is 10.6. The van der Waals surface area contributed by atoms with Gasteiger partial charge in [-0.15, -0.1) is 0 Å². The molecule has 0 N–H and O–H groups in total. The molecule has 3 aliphatic carbocycles. The van der Waals surface area contributed by atoms with E-state index >= 15 is 0 Å². The van der Waals surface area contributed by atoms with Crippen molar-refractivity contribution in [3.8, 4) is 0 Å². The summed E-state index contributed by atoms with van der Waals surface area (Å²) in [5.74, 6) is 1.09.